The first-order valence-electron chi connectivity index (χ1n) is 7.58. The Balaban J connectivity index is 0.00000441. The summed E-state index contributed by atoms with van der Waals surface area (Å²) in [5.41, 5.74) is 0.324. The van der Waals surface area contributed by atoms with Crippen LogP contribution in [0.2, 0.25) is 5.02 Å². The molecule has 1 rings (SSSR count). The van der Waals surface area contributed by atoms with Crippen LogP contribution in [0.15, 0.2) is 24.3 Å². The van der Waals surface area contributed by atoms with Crippen LogP contribution in [0.4, 0.5) is 0 Å². The standard InChI is InChI=1S/C11H16ClNO.ClH/c1-8(2)13-7-11(14)9-5-3-4-6-10(9)12;/h3-6,8,11,13-14H,7H2,1-2H3;1H/i1D3,2D3,8D;. The zero-order chi connectivity index (χ0) is 16.5. The Morgan fingerprint density at radius 1 is 1.53 bits per heavy atom. The van der Waals surface area contributed by atoms with Crippen molar-refractivity contribution in [2.24, 2.45) is 0 Å². The molecule has 2 nitrogen and oxygen atoms in total. The zero-order valence-electron chi connectivity index (χ0n) is 14.8. The average Bonchev–Trinajstić information content (AvgIpc) is 2.33. The summed E-state index contributed by atoms with van der Waals surface area (Å²) in [5.74, 6) is 0. The molecule has 0 heterocycles. The van der Waals surface area contributed by atoms with Gasteiger partial charge < -0.3 is 10.4 Å². The third-order valence-electron chi connectivity index (χ3n) is 1.74. The van der Waals surface area contributed by atoms with Crippen molar-refractivity contribution in [3.05, 3.63) is 34.9 Å². The van der Waals surface area contributed by atoms with Crippen LogP contribution in [-0.2, 0) is 0 Å². The fourth-order valence-electron chi connectivity index (χ4n) is 1.05. The maximum Gasteiger partial charge on any atom is 0.0928 e. The van der Waals surface area contributed by atoms with Crippen LogP contribution in [0.25, 0.3) is 0 Å². The molecule has 0 aliphatic carbocycles. The van der Waals surface area contributed by atoms with Crippen LogP contribution in [0.1, 0.15) is 35.0 Å². The van der Waals surface area contributed by atoms with Gasteiger partial charge in [0.05, 0.1) is 6.10 Å². The van der Waals surface area contributed by atoms with Gasteiger partial charge in [0.2, 0.25) is 0 Å². The first-order valence-corrected chi connectivity index (χ1v) is 4.45. The molecule has 4 heteroatoms. The summed E-state index contributed by atoms with van der Waals surface area (Å²) in [4.78, 5) is 0. The van der Waals surface area contributed by atoms with Crippen LogP contribution in [0.3, 0.4) is 0 Å². The average molecular weight is 257 g/mol. The van der Waals surface area contributed by atoms with E-state index in [1.54, 1.807) is 18.2 Å². The van der Waals surface area contributed by atoms with Gasteiger partial charge in [-0.2, -0.15) is 0 Å². The van der Waals surface area contributed by atoms with E-state index in [9.17, 15) is 5.11 Å². The van der Waals surface area contributed by atoms with Gasteiger partial charge in [-0.15, -0.1) is 12.4 Å². The number of benzene rings is 1. The van der Waals surface area contributed by atoms with Crippen molar-refractivity contribution in [2.45, 2.75) is 25.8 Å². The van der Waals surface area contributed by atoms with Gasteiger partial charge in [-0.3, -0.25) is 0 Å². The van der Waals surface area contributed by atoms with Crippen LogP contribution < -0.4 is 5.32 Å². The predicted octanol–water partition coefficient (Wildman–Crippen LogP) is 2.79. The Morgan fingerprint density at radius 2 is 2.20 bits per heavy atom. The van der Waals surface area contributed by atoms with Crippen molar-refractivity contribution < 1.29 is 14.7 Å². The highest BCUT2D eigenvalue weighted by Crippen LogP contribution is 2.21. The molecule has 0 amide bonds. The summed E-state index contributed by atoms with van der Waals surface area (Å²) < 4.78 is 51.2. The molecule has 1 aromatic rings. The van der Waals surface area contributed by atoms with Crippen molar-refractivity contribution in [1.29, 1.82) is 0 Å². The highest BCUT2D eigenvalue weighted by Gasteiger charge is 2.10. The molecule has 0 saturated carbocycles. The third-order valence-corrected chi connectivity index (χ3v) is 2.08. The molecule has 2 N–H and O–H groups in total. The van der Waals surface area contributed by atoms with Gasteiger partial charge in [-0.1, -0.05) is 43.5 Å². The molecule has 0 radical (unpaired) electrons. The summed E-state index contributed by atoms with van der Waals surface area (Å²) in [6.45, 7) is -6.60. The first kappa shape index (κ1) is 6.45. The predicted molar refractivity (Wildman–Crippen MR) is 66.8 cm³/mol. The van der Waals surface area contributed by atoms with E-state index < -0.39 is 32.4 Å². The molecule has 0 aromatic heterocycles. The Bertz CT molecular complexity index is 478. The molecule has 86 valence electrons. The number of aliphatic hydroxyl groups excluding tert-OH is 1. The van der Waals surface area contributed by atoms with E-state index in [2.05, 4.69) is 5.32 Å². The van der Waals surface area contributed by atoms with Crippen molar-refractivity contribution in [3.63, 3.8) is 0 Å². The highest BCUT2D eigenvalue weighted by atomic mass is 35.5. The maximum atomic E-state index is 10.00. The van der Waals surface area contributed by atoms with Gasteiger partial charge in [0.15, 0.2) is 0 Å². The molecule has 1 aromatic carbocycles. The molecule has 0 aliphatic rings. The van der Waals surface area contributed by atoms with E-state index in [0.717, 1.165) is 0 Å². The number of halogens is 2. The van der Waals surface area contributed by atoms with Crippen molar-refractivity contribution in [3.8, 4) is 0 Å². The lowest BCUT2D eigenvalue weighted by Crippen LogP contribution is -2.27. The number of nitrogens with one attached hydrogen (secondary N) is 1. The Labute approximate surface area is 112 Å². The number of aliphatic hydroxyl groups is 1. The van der Waals surface area contributed by atoms with Gasteiger partial charge in [0, 0.05) is 32.7 Å². The van der Waals surface area contributed by atoms with E-state index in [-0.39, 0.29) is 17.4 Å². The molecule has 0 bridgehead atoms. The van der Waals surface area contributed by atoms with Gasteiger partial charge in [-0.05, 0) is 6.07 Å². The van der Waals surface area contributed by atoms with E-state index in [0.29, 0.717) is 5.56 Å². The van der Waals surface area contributed by atoms with Gasteiger partial charge >= 0.3 is 0 Å². The molecular formula is C11H17Cl2NO. The van der Waals surface area contributed by atoms with Crippen molar-refractivity contribution in [1.82, 2.24) is 5.32 Å². The third kappa shape index (κ3) is 4.85. The fraction of sp³-hybridized carbons (Fsp3) is 0.455. The minimum Gasteiger partial charge on any atom is -0.387 e. The molecule has 15 heavy (non-hydrogen) atoms. The summed E-state index contributed by atoms with van der Waals surface area (Å²) in [5, 5.41) is 12.4. The molecule has 0 fully saturated rings. The first-order chi connectivity index (χ1) is 9.40. The molecule has 0 spiro atoms. The van der Waals surface area contributed by atoms with E-state index >= 15 is 0 Å². The lowest BCUT2D eigenvalue weighted by molar-refractivity contribution is 0.171. The van der Waals surface area contributed by atoms with Gasteiger partial charge in [0.1, 0.15) is 0 Å². The zero-order valence-corrected chi connectivity index (χ0v) is 9.40. The van der Waals surface area contributed by atoms with E-state index in [4.69, 9.17) is 21.2 Å². The molecule has 0 saturated heterocycles. The number of hydrogen-bond acceptors (Lipinski definition) is 2. The van der Waals surface area contributed by atoms with Crippen LogP contribution in [-0.4, -0.2) is 17.7 Å². The summed E-state index contributed by atoms with van der Waals surface area (Å²) in [7, 11) is 0. The summed E-state index contributed by atoms with van der Waals surface area (Å²) in [6.07, 6.45) is -1.23. The van der Waals surface area contributed by atoms with Gasteiger partial charge in [0.25, 0.3) is 0 Å². The largest absolute Gasteiger partial charge is 0.387 e. The van der Waals surface area contributed by atoms with Crippen molar-refractivity contribution >= 4 is 24.0 Å². The fourth-order valence-corrected chi connectivity index (χ4v) is 1.32. The highest BCUT2D eigenvalue weighted by molar-refractivity contribution is 6.31. The Hall–Kier alpha value is -0.280. The molecule has 1 unspecified atom stereocenters. The SMILES string of the molecule is Cl.[2H]C([2H])([2H])C([2H])(NCC(O)c1ccccc1Cl)C([2H])([2H])[2H]. The normalized spacial score (nSPS) is 21.6. The second kappa shape index (κ2) is 7.07. The minimum atomic E-state index is -3.08. The Kier molecular flexibility index (Phi) is 3.04. The van der Waals surface area contributed by atoms with Crippen LogP contribution >= 0.6 is 24.0 Å². The minimum absolute atomic E-state index is 0. The summed E-state index contributed by atoms with van der Waals surface area (Å²) in [6, 6.07) is 3.49. The van der Waals surface area contributed by atoms with Crippen LogP contribution in [0, 0.1) is 0 Å². The van der Waals surface area contributed by atoms with Crippen molar-refractivity contribution in [2.75, 3.05) is 6.54 Å². The van der Waals surface area contributed by atoms with E-state index in [1.165, 1.54) is 6.07 Å². The Morgan fingerprint density at radius 3 is 2.80 bits per heavy atom. The molecular weight excluding hydrogens is 233 g/mol. The maximum absolute atomic E-state index is 10.00. The lowest BCUT2D eigenvalue weighted by Gasteiger charge is -2.15. The lowest BCUT2D eigenvalue weighted by atomic mass is 10.1. The topological polar surface area (TPSA) is 32.3 Å². The second-order valence-corrected chi connectivity index (χ2v) is 3.20. The molecule has 0 aliphatic heterocycles. The van der Waals surface area contributed by atoms with E-state index in [1.807, 2.05) is 0 Å². The summed E-state index contributed by atoms with van der Waals surface area (Å²) >= 11 is 5.89. The quantitative estimate of drug-likeness (QED) is 0.869. The number of rotatable bonds is 4. The van der Waals surface area contributed by atoms with Gasteiger partial charge in [-0.25, -0.2) is 0 Å². The smallest absolute Gasteiger partial charge is 0.0928 e. The second-order valence-electron chi connectivity index (χ2n) is 2.79. The molecule has 1 atom stereocenters. The van der Waals surface area contributed by atoms with Crippen LogP contribution in [0.5, 0.6) is 0 Å². The number of hydrogen-bond donors (Lipinski definition) is 2. The monoisotopic (exact) mass is 256 g/mol.